The van der Waals surface area contributed by atoms with Crippen LogP contribution in [-0.2, 0) is 4.79 Å². The molecule has 5 heteroatoms. The second kappa shape index (κ2) is 5.97. The van der Waals surface area contributed by atoms with E-state index in [9.17, 15) is 14.0 Å². The van der Waals surface area contributed by atoms with Crippen molar-refractivity contribution in [2.45, 2.75) is 12.3 Å². The van der Waals surface area contributed by atoms with Crippen LogP contribution in [0.4, 0.5) is 10.1 Å². The summed E-state index contributed by atoms with van der Waals surface area (Å²) in [5.74, 6) is -0.940. The number of rotatable bonds is 4. The van der Waals surface area contributed by atoms with E-state index in [0.717, 1.165) is 11.3 Å². The number of benzene rings is 2. The van der Waals surface area contributed by atoms with Crippen LogP contribution >= 0.6 is 0 Å². The van der Waals surface area contributed by atoms with Gasteiger partial charge in [-0.25, -0.2) is 4.39 Å². The summed E-state index contributed by atoms with van der Waals surface area (Å²) >= 11 is 0. The molecule has 0 aromatic heterocycles. The lowest BCUT2D eigenvalue weighted by Gasteiger charge is -2.10. The number of para-hydroxylation sites is 1. The number of hydrogen-bond acceptors (Lipinski definition) is 2. The Morgan fingerprint density at radius 1 is 1.14 bits per heavy atom. The zero-order chi connectivity index (χ0) is 15.5. The molecule has 22 heavy (non-hydrogen) atoms. The van der Waals surface area contributed by atoms with Crippen LogP contribution < -0.4 is 10.6 Å². The minimum atomic E-state index is -0.379. The van der Waals surface area contributed by atoms with Gasteiger partial charge >= 0.3 is 0 Å². The Morgan fingerprint density at radius 2 is 1.86 bits per heavy atom. The van der Waals surface area contributed by atoms with E-state index in [1.807, 2.05) is 24.3 Å². The summed E-state index contributed by atoms with van der Waals surface area (Å²) in [5, 5.41) is 5.59. The first kappa shape index (κ1) is 14.3. The molecule has 2 aromatic rings. The van der Waals surface area contributed by atoms with E-state index in [2.05, 4.69) is 10.6 Å². The van der Waals surface area contributed by atoms with Gasteiger partial charge in [0.2, 0.25) is 5.91 Å². The Bertz CT molecular complexity index is 713. The molecular weight excluding hydrogens is 283 g/mol. The van der Waals surface area contributed by atoms with Crippen LogP contribution in [0.1, 0.15) is 28.3 Å². The van der Waals surface area contributed by atoms with Crippen LogP contribution in [0.2, 0.25) is 0 Å². The lowest BCUT2D eigenvalue weighted by Crippen LogP contribution is -2.26. The standard InChI is InChI=1S/C17H15FN2O2/c18-12-7-5-11(6-8-12)16(21)19-10-9-14-13-3-1-2-4-15(13)20-17(14)22/h1-8,14H,9-10H2,(H,19,21)(H,20,22). The minimum absolute atomic E-state index is 0.0442. The smallest absolute Gasteiger partial charge is 0.251 e. The molecule has 1 atom stereocenters. The van der Waals surface area contributed by atoms with Gasteiger partial charge in [-0.3, -0.25) is 9.59 Å². The van der Waals surface area contributed by atoms with E-state index in [-0.39, 0.29) is 23.5 Å². The number of halogens is 1. The maximum Gasteiger partial charge on any atom is 0.251 e. The van der Waals surface area contributed by atoms with Gasteiger partial charge in [0, 0.05) is 17.8 Å². The summed E-state index contributed by atoms with van der Waals surface area (Å²) < 4.78 is 12.8. The molecule has 1 heterocycles. The molecule has 0 radical (unpaired) electrons. The molecule has 4 nitrogen and oxygen atoms in total. The summed E-state index contributed by atoms with van der Waals surface area (Å²) in [5.41, 5.74) is 2.20. The molecule has 2 N–H and O–H groups in total. The van der Waals surface area contributed by atoms with E-state index < -0.39 is 0 Å². The number of fused-ring (bicyclic) bond motifs is 1. The lowest BCUT2D eigenvalue weighted by molar-refractivity contribution is -0.117. The van der Waals surface area contributed by atoms with Crippen LogP contribution in [0, 0.1) is 5.82 Å². The first-order valence-electron chi connectivity index (χ1n) is 7.09. The predicted molar refractivity (Wildman–Crippen MR) is 81.2 cm³/mol. The summed E-state index contributed by atoms with van der Waals surface area (Å²) in [6.45, 7) is 0.378. The fraction of sp³-hybridized carbons (Fsp3) is 0.176. The first-order chi connectivity index (χ1) is 10.6. The molecule has 1 aliphatic rings. The second-order valence-corrected chi connectivity index (χ2v) is 5.18. The van der Waals surface area contributed by atoms with Crippen LogP contribution in [0.15, 0.2) is 48.5 Å². The molecule has 0 fully saturated rings. The Balaban J connectivity index is 1.58. The molecule has 1 unspecified atom stereocenters. The normalized spacial score (nSPS) is 16.0. The van der Waals surface area contributed by atoms with Crippen molar-refractivity contribution < 1.29 is 14.0 Å². The van der Waals surface area contributed by atoms with Crippen molar-refractivity contribution in [1.29, 1.82) is 0 Å². The van der Waals surface area contributed by atoms with Crippen molar-refractivity contribution in [3.8, 4) is 0 Å². The third-order valence-electron chi connectivity index (χ3n) is 3.74. The van der Waals surface area contributed by atoms with Crippen molar-refractivity contribution in [1.82, 2.24) is 5.32 Å². The molecule has 112 valence electrons. The summed E-state index contributed by atoms with van der Waals surface area (Å²) in [6, 6.07) is 12.9. The zero-order valence-electron chi connectivity index (χ0n) is 11.8. The quantitative estimate of drug-likeness (QED) is 0.911. The molecular formula is C17H15FN2O2. The number of nitrogens with one attached hydrogen (secondary N) is 2. The number of carbonyl (C=O) groups is 2. The highest BCUT2D eigenvalue weighted by Crippen LogP contribution is 2.33. The fourth-order valence-electron chi connectivity index (χ4n) is 2.60. The van der Waals surface area contributed by atoms with Gasteiger partial charge in [0.25, 0.3) is 5.91 Å². The average Bonchev–Trinajstić information content (AvgIpc) is 2.84. The Morgan fingerprint density at radius 3 is 2.64 bits per heavy atom. The first-order valence-corrected chi connectivity index (χ1v) is 7.09. The van der Waals surface area contributed by atoms with Gasteiger partial charge in [0.1, 0.15) is 5.82 Å². The van der Waals surface area contributed by atoms with E-state index >= 15 is 0 Å². The van der Waals surface area contributed by atoms with E-state index in [1.54, 1.807) is 0 Å². The maximum atomic E-state index is 12.8. The Kier molecular flexibility index (Phi) is 3.87. The van der Waals surface area contributed by atoms with Crippen molar-refractivity contribution in [3.05, 3.63) is 65.5 Å². The Hall–Kier alpha value is -2.69. The third kappa shape index (κ3) is 2.83. The fourth-order valence-corrected chi connectivity index (χ4v) is 2.60. The highest BCUT2D eigenvalue weighted by atomic mass is 19.1. The summed E-state index contributed by atoms with van der Waals surface area (Å²) in [4.78, 5) is 23.9. The zero-order valence-corrected chi connectivity index (χ0v) is 11.8. The molecule has 0 saturated carbocycles. The number of anilines is 1. The van der Waals surface area contributed by atoms with Crippen LogP contribution in [0.25, 0.3) is 0 Å². The van der Waals surface area contributed by atoms with Crippen molar-refractivity contribution in [2.75, 3.05) is 11.9 Å². The van der Waals surface area contributed by atoms with E-state index in [1.165, 1.54) is 24.3 Å². The molecule has 1 aliphatic heterocycles. The topological polar surface area (TPSA) is 58.2 Å². The molecule has 0 spiro atoms. The molecule has 2 amide bonds. The van der Waals surface area contributed by atoms with Gasteiger partial charge in [0.15, 0.2) is 0 Å². The van der Waals surface area contributed by atoms with Gasteiger partial charge in [-0.1, -0.05) is 18.2 Å². The lowest BCUT2D eigenvalue weighted by atomic mass is 9.97. The highest BCUT2D eigenvalue weighted by Gasteiger charge is 2.29. The maximum absolute atomic E-state index is 12.8. The molecule has 3 rings (SSSR count). The van der Waals surface area contributed by atoms with E-state index in [0.29, 0.717) is 18.5 Å². The van der Waals surface area contributed by atoms with Crippen LogP contribution in [0.5, 0.6) is 0 Å². The van der Waals surface area contributed by atoms with Gasteiger partial charge in [0.05, 0.1) is 5.92 Å². The van der Waals surface area contributed by atoms with Crippen LogP contribution in [0.3, 0.4) is 0 Å². The number of amides is 2. The monoisotopic (exact) mass is 298 g/mol. The van der Waals surface area contributed by atoms with Gasteiger partial charge in [-0.15, -0.1) is 0 Å². The average molecular weight is 298 g/mol. The summed E-state index contributed by atoms with van der Waals surface area (Å²) in [7, 11) is 0. The molecule has 0 bridgehead atoms. The van der Waals surface area contributed by atoms with Crippen molar-refractivity contribution in [3.63, 3.8) is 0 Å². The summed E-state index contributed by atoms with van der Waals surface area (Å²) in [6.07, 6.45) is 0.524. The molecule has 0 saturated heterocycles. The van der Waals surface area contributed by atoms with Gasteiger partial charge in [-0.05, 0) is 42.3 Å². The van der Waals surface area contributed by atoms with Crippen molar-refractivity contribution in [2.24, 2.45) is 0 Å². The molecule has 2 aromatic carbocycles. The highest BCUT2D eigenvalue weighted by molar-refractivity contribution is 6.02. The van der Waals surface area contributed by atoms with Crippen molar-refractivity contribution >= 4 is 17.5 Å². The SMILES string of the molecule is O=C(NCCC1C(=O)Nc2ccccc21)c1ccc(F)cc1. The van der Waals surface area contributed by atoms with E-state index in [4.69, 9.17) is 0 Å². The number of carbonyl (C=O) groups excluding carboxylic acids is 2. The largest absolute Gasteiger partial charge is 0.352 e. The third-order valence-corrected chi connectivity index (χ3v) is 3.74. The van der Waals surface area contributed by atoms with Gasteiger partial charge < -0.3 is 10.6 Å². The molecule has 0 aliphatic carbocycles. The number of hydrogen-bond donors (Lipinski definition) is 2. The van der Waals surface area contributed by atoms with Crippen LogP contribution in [-0.4, -0.2) is 18.4 Å². The van der Waals surface area contributed by atoms with Gasteiger partial charge in [-0.2, -0.15) is 0 Å². The predicted octanol–water partition coefficient (Wildman–Crippen LogP) is 2.68. The second-order valence-electron chi connectivity index (χ2n) is 5.18. The minimum Gasteiger partial charge on any atom is -0.352 e. The Labute approximate surface area is 127 Å².